The number of hydrogen-bond acceptors (Lipinski definition) is 3. The summed E-state index contributed by atoms with van der Waals surface area (Å²) in [6.45, 7) is 4.66. The van der Waals surface area contributed by atoms with Crippen LogP contribution in [0.3, 0.4) is 0 Å². The van der Waals surface area contributed by atoms with E-state index >= 15 is 0 Å². The van der Waals surface area contributed by atoms with Gasteiger partial charge < -0.3 is 9.47 Å². The predicted molar refractivity (Wildman–Crippen MR) is 161 cm³/mol. The molecule has 3 saturated heterocycles. The lowest BCUT2D eigenvalue weighted by atomic mass is 9.70. The number of halogens is 1. The predicted octanol–water partition coefficient (Wildman–Crippen LogP) is 6.92. The first-order valence-electron chi connectivity index (χ1n) is 15.3. The van der Waals surface area contributed by atoms with Gasteiger partial charge in [0.05, 0.1) is 11.0 Å². The van der Waals surface area contributed by atoms with Gasteiger partial charge >= 0.3 is 0 Å². The molecule has 6 heteroatoms. The number of carbonyl (C=O) groups excluding carboxylic acids is 1. The summed E-state index contributed by atoms with van der Waals surface area (Å²) in [5, 5.41) is 0. The van der Waals surface area contributed by atoms with E-state index in [9.17, 15) is 9.18 Å². The Morgan fingerprint density at radius 1 is 0.878 bits per heavy atom. The van der Waals surface area contributed by atoms with Crippen molar-refractivity contribution >= 4 is 16.9 Å². The van der Waals surface area contributed by atoms with Gasteiger partial charge in [-0.05, 0) is 106 Å². The van der Waals surface area contributed by atoms with Crippen LogP contribution in [0.2, 0.25) is 0 Å². The van der Waals surface area contributed by atoms with E-state index in [0.717, 1.165) is 55.8 Å². The highest BCUT2D eigenvalue weighted by molar-refractivity contribution is 5.94. The van der Waals surface area contributed by atoms with Crippen molar-refractivity contribution in [1.29, 1.82) is 0 Å². The molecule has 212 valence electrons. The number of carbonyl (C=O) groups is 1. The van der Waals surface area contributed by atoms with Crippen molar-refractivity contribution in [2.75, 3.05) is 19.6 Å². The van der Waals surface area contributed by atoms with Crippen molar-refractivity contribution in [1.82, 2.24) is 19.4 Å². The molecule has 0 spiro atoms. The average molecular weight is 551 g/mol. The van der Waals surface area contributed by atoms with Crippen LogP contribution in [0, 0.1) is 12.7 Å². The molecule has 0 aliphatic carbocycles. The number of fused-ring (bicyclic) bond motifs is 3. The van der Waals surface area contributed by atoms with Gasteiger partial charge in [0.15, 0.2) is 0 Å². The number of piperidine rings is 2. The van der Waals surface area contributed by atoms with Gasteiger partial charge in [-0.1, -0.05) is 42.5 Å². The van der Waals surface area contributed by atoms with Crippen LogP contribution in [0.5, 0.6) is 0 Å². The Kier molecular flexibility index (Phi) is 6.90. The number of para-hydroxylation sites is 2. The van der Waals surface area contributed by atoms with Gasteiger partial charge in [0.25, 0.3) is 5.91 Å². The second-order valence-electron chi connectivity index (χ2n) is 12.5. The number of amides is 1. The number of benzene rings is 3. The Labute approximate surface area is 242 Å². The van der Waals surface area contributed by atoms with Crippen LogP contribution in [0.25, 0.3) is 11.0 Å². The van der Waals surface area contributed by atoms with E-state index in [1.54, 1.807) is 12.1 Å². The molecule has 41 heavy (non-hydrogen) atoms. The summed E-state index contributed by atoms with van der Waals surface area (Å²) in [4.78, 5) is 22.8. The maximum Gasteiger partial charge on any atom is 0.253 e. The quantitative estimate of drug-likeness (QED) is 0.262. The van der Waals surface area contributed by atoms with Gasteiger partial charge in [0.2, 0.25) is 0 Å². The molecule has 3 aliphatic rings. The normalized spacial score (nSPS) is 24.1. The summed E-state index contributed by atoms with van der Waals surface area (Å²) in [5.74, 6) is 1.04. The molecule has 4 heterocycles. The minimum atomic E-state index is -0.192. The standard InChI is InChI=1S/C35H39FN4O/c1-25-37-32-9-5-6-10-33(32)40(25)31-23-29-15-16-30(24-31)39(29)22-19-35(27-11-13-28(36)14-12-27)17-20-38(21-18-35)34(41)26-7-3-2-4-8-26/h2-14,29-31H,15-24H2,1H3/t29-,30+,31?. The van der Waals surface area contributed by atoms with E-state index in [4.69, 9.17) is 4.98 Å². The molecule has 0 radical (unpaired) electrons. The van der Waals surface area contributed by atoms with Crippen molar-refractivity contribution in [3.8, 4) is 0 Å². The van der Waals surface area contributed by atoms with E-state index in [1.165, 1.54) is 36.8 Å². The zero-order valence-corrected chi connectivity index (χ0v) is 23.9. The minimum absolute atomic E-state index is 0.0470. The van der Waals surface area contributed by atoms with E-state index in [0.29, 0.717) is 18.1 Å². The molecule has 4 aromatic rings. The summed E-state index contributed by atoms with van der Waals surface area (Å²) < 4.78 is 16.4. The molecule has 3 fully saturated rings. The number of aryl methyl sites for hydroxylation is 1. The third kappa shape index (κ3) is 4.86. The molecule has 3 atom stereocenters. The van der Waals surface area contributed by atoms with Crippen LogP contribution < -0.4 is 0 Å². The summed E-state index contributed by atoms with van der Waals surface area (Å²) >= 11 is 0. The van der Waals surface area contributed by atoms with Gasteiger partial charge in [-0.25, -0.2) is 9.37 Å². The van der Waals surface area contributed by atoms with Crippen molar-refractivity contribution in [2.24, 2.45) is 0 Å². The van der Waals surface area contributed by atoms with E-state index < -0.39 is 0 Å². The summed E-state index contributed by atoms with van der Waals surface area (Å²) in [6.07, 6.45) is 7.70. The number of imidazole rings is 1. The lowest BCUT2D eigenvalue weighted by Gasteiger charge is -2.45. The average Bonchev–Trinajstić information content (AvgIpc) is 3.47. The molecule has 2 bridgehead atoms. The van der Waals surface area contributed by atoms with E-state index in [2.05, 4.69) is 40.7 Å². The van der Waals surface area contributed by atoms with Crippen LogP contribution >= 0.6 is 0 Å². The zero-order chi connectivity index (χ0) is 28.0. The molecule has 1 unspecified atom stereocenters. The fourth-order valence-corrected chi connectivity index (χ4v) is 8.18. The highest BCUT2D eigenvalue weighted by atomic mass is 19.1. The van der Waals surface area contributed by atoms with Crippen molar-refractivity contribution in [3.63, 3.8) is 0 Å². The Hall–Kier alpha value is -3.51. The third-order valence-electron chi connectivity index (χ3n) is 10.3. The fraction of sp³-hybridized carbons (Fsp3) is 0.429. The Morgan fingerprint density at radius 2 is 1.54 bits per heavy atom. The Balaban J connectivity index is 1.08. The van der Waals surface area contributed by atoms with Gasteiger partial charge in [-0.3, -0.25) is 9.69 Å². The van der Waals surface area contributed by atoms with Crippen LogP contribution in [-0.4, -0.2) is 57.0 Å². The lowest BCUT2D eigenvalue weighted by molar-refractivity contribution is 0.0607. The monoisotopic (exact) mass is 550 g/mol. The zero-order valence-electron chi connectivity index (χ0n) is 23.9. The van der Waals surface area contributed by atoms with Gasteiger partial charge in [0, 0.05) is 36.8 Å². The Bertz CT molecular complexity index is 1510. The van der Waals surface area contributed by atoms with Crippen molar-refractivity contribution in [2.45, 2.75) is 75.4 Å². The van der Waals surface area contributed by atoms with Crippen molar-refractivity contribution in [3.05, 3.63) is 102 Å². The molecular formula is C35H39FN4O. The maximum absolute atomic E-state index is 13.9. The maximum atomic E-state index is 13.9. The van der Waals surface area contributed by atoms with Gasteiger partial charge in [0.1, 0.15) is 11.6 Å². The van der Waals surface area contributed by atoms with Gasteiger partial charge in [-0.15, -0.1) is 0 Å². The summed E-state index contributed by atoms with van der Waals surface area (Å²) in [5.41, 5.74) is 4.28. The molecule has 1 aromatic heterocycles. The molecule has 1 amide bonds. The molecule has 3 aromatic carbocycles. The molecule has 0 saturated carbocycles. The second-order valence-corrected chi connectivity index (χ2v) is 12.5. The fourth-order valence-electron chi connectivity index (χ4n) is 8.18. The molecule has 3 aliphatic heterocycles. The number of aromatic nitrogens is 2. The number of rotatable bonds is 6. The molecular weight excluding hydrogens is 511 g/mol. The van der Waals surface area contributed by atoms with Crippen LogP contribution in [0.4, 0.5) is 4.39 Å². The van der Waals surface area contributed by atoms with Crippen LogP contribution in [0.15, 0.2) is 78.9 Å². The van der Waals surface area contributed by atoms with Crippen LogP contribution in [0.1, 0.15) is 72.7 Å². The largest absolute Gasteiger partial charge is 0.339 e. The van der Waals surface area contributed by atoms with Crippen molar-refractivity contribution < 1.29 is 9.18 Å². The second kappa shape index (κ2) is 10.7. The first-order valence-corrected chi connectivity index (χ1v) is 15.3. The first-order chi connectivity index (χ1) is 20.0. The smallest absolute Gasteiger partial charge is 0.253 e. The molecule has 0 N–H and O–H groups in total. The first kappa shape index (κ1) is 26.4. The highest BCUT2D eigenvalue weighted by Crippen LogP contribution is 2.45. The van der Waals surface area contributed by atoms with E-state index in [-0.39, 0.29) is 17.1 Å². The number of hydrogen-bond donors (Lipinski definition) is 0. The molecule has 5 nitrogen and oxygen atoms in total. The topological polar surface area (TPSA) is 41.4 Å². The summed E-state index contributed by atoms with van der Waals surface area (Å²) in [7, 11) is 0. The highest BCUT2D eigenvalue weighted by Gasteiger charge is 2.44. The minimum Gasteiger partial charge on any atom is -0.339 e. The van der Waals surface area contributed by atoms with E-state index in [1.807, 2.05) is 47.4 Å². The van der Waals surface area contributed by atoms with Crippen LogP contribution in [-0.2, 0) is 5.41 Å². The summed E-state index contributed by atoms with van der Waals surface area (Å²) in [6, 6.07) is 27.0. The number of likely N-dealkylation sites (tertiary alicyclic amines) is 1. The Morgan fingerprint density at radius 3 is 2.24 bits per heavy atom. The SMILES string of the molecule is Cc1nc2ccccc2n1C1C[C@H]2CC[C@@H](C1)N2CCC1(c2ccc(F)cc2)CCN(C(=O)c2ccccc2)CC1. The third-order valence-corrected chi connectivity index (χ3v) is 10.3. The lowest BCUT2D eigenvalue weighted by Crippen LogP contribution is -2.49. The van der Waals surface area contributed by atoms with Gasteiger partial charge in [-0.2, -0.15) is 0 Å². The number of nitrogens with zero attached hydrogens (tertiary/aromatic N) is 4. The molecule has 7 rings (SSSR count).